The Kier molecular flexibility index (Phi) is 4.30. The van der Waals surface area contributed by atoms with Crippen molar-refractivity contribution in [2.24, 2.45) is 0 Å². The second kappa shape index (κ2) is 6.23. The minimum atomic E-state index is -3.75. The zero-order chi connectivity index (χ0) is 16.4. The van der Waals surface area contributed by atoms with Gasteiger partial charge in [0.25, 0.3) is 10.0 Å². The molecule has 0 fully saturated rings. The van der Waals surface area contributed by atoms with Crippen molar-refractivity contribution >= 4 is 39.0 Å². The first kappa shape index (κ1) is 15.9. The van der Waals surface area contributed by atoms with Gasteiger partial charge in [-0.3, -0.25) is 9.82 Å². The summed E-state index contributed by atoms with van der Waals surface area (Å²) in [6.07, 6.45) is 0. The molecule has 2 aromatic carbocycles. The fraction of sp³-hybridized carbons (Fsp3) is 0. The molecule has 0 saturated heterocycles. The predicted octanol–water partition coefficient (Wildman–Crippen LogP) is 4.18. The van der Waals surface area contributed by atoms with Crippen molar-refractivity contribution < 1.29 is 8.42 Å². The average molecular weight is 368 g/mol. The van der Waals surface area contributed by atoms with Crippen LogP contribution in [0.1, 0.15) is 0 Å². The number of hydrogen-bond donors (Lipinski definition) is 2. The molecule has 0 aliphatic rings. The minimum Gasteiger partial charge on any atom is -0.274 e. The zero-order valence-electron chi connectivity index (χ0n) is 11.6. The number of halogens is 2. The largest absolute Gasteiger partial charge is 0.274 e. The predicted molar refractivity (Wildman–Crippen MR) is 91.3 cm³/mol. The topological polar surface area (TPSA) is 74.8 Å². The molecule has 0 aliphatic heterocycles. The van der Waals surface area contributed by atoms with Gasteiger partial charge in [-0.05, 0) is 24.3 Å². The summed E-state index contributed by atoms with van der Waals surface area (Å²) in [7, 11) is -3.75. The molecule has 1 heterocycles. The number of rotatable bonds is 4. The number of benzene rings is 2. The lowest BCUT2D eigenvalue weighted by molar-refractivity contribution is 0.601. The van der Waals surface area contributed by atoms with Crippen LogP contribution in [0.15, 0.2) is 59.5 Å². The molecule has 3 rings (SSSR count). The van der Waals surface area contributed by atoms with E-state index in [2.05, 4.69) is 14.9 Å². The van der Waals surface area contributed by atoms with Gasteiger partial charge in [0.15, 0.2) is 5.82 Å². The average Bonchev–Trinajstić information content (AvgIpc) is 2.90. The Bertz CT molecular complexity index is 923. The third-order valence-electron chi connectivity index (χ3n) is 3.12. The molecule has 5 nitrogen and oxygen atoms in total. The summed E-state index contributed by atoms with van der Waals surface area (Å²) in [5, 5.41) is 7.46. The lowest BCUT2D eigenvalue weighted by Crippen LogP contribution is -2.13. The van der Waals surface area contributed by atoms with Crippen LogP contribution < -0.4 is 4.72 Å². The molecule has 0 spiro atoms. The fourth-order valence-corrected chi connectivity index (χ4v) is 3.45. The molecule has 23 heavy (non-hydrogen) atoms. The molecule has 0 unspecified atom stereocenters. The maximum atomic E-state index is 12.3. The normalized spacial score (nSPS) is 11.4. The number of hydrogen-bond acceptors (Lipinski definition) is 3. The highest BCUT2D eigenvalue weighted by molar-refractivity contribution is 7.92. The molecule has 0 bridgehead atoms. The van der Waals surface area contributed by atoms with Gasteiger partial charge < -0.3 is 0 Å². The van der Waals surface area contributed by atoms with Crippen LogP contribution in [-0.2, 0) is 10.0 Å². The minimum absolute atomic E-state index is 0.0421. The van der Waals surface area contributed by atoms with Crippen LogP contribution in [0.3, 0.4) is 0 Å². The van der Waals surface area contributed by atoms with Gasteiger partial charge in [-0.1, -0.05) is 53.5 Å². The van der Waals surface area contributed by atoms with Gasteiger partial charge in [-0.2, -0.15) is 5.10 Å². The number of nitrogens with one attached hydrogen (secondary N) is 2. The molecule has 0 aliphatic carbocycles. The third kappa shape index (κ3) is 3.34. The Labute approximate surface area is 143 Å². The van der Waals surface area contributed by atoms with Crippen LogP contribution in [0.5, 0.6) is 0 Å². The molecule has 1 aromatic heterocycles. The molecule has 0 atom stereocenters. The molecule has 0 amide bonds. The molecular weight excluding hydrogens is 357 g/mol. The Balaban J connectivity index is 1.92. The fourth-order valence-electron chi connectivity index (χ4n) is 1.99. The lowest BCUT2D eigenvalue weighted by Gasteiger charge is -2.05. The standard InChI is InChI=1S/C15H11Cl2N3O2S/c16-11-8-6-10(7-9-11)14-13(17)15(19-18-14)20-23(21,22)12-4-2-1-3-5-12/h1-9H,(H2,18,19,20). The van der Waals surface area contributed by atoms with Gasteiger partial charge in [-0.15, -0.1) is 0 Å². The van der Waals surface area contributed by atoms with Crippen molar-refractivity contribution in [3.05, 3.63) is 64.6 Å². The van der Waals surface area contributed by atoms with Gasteiger partial charge in [0.05, 0.1) is 10.6 Å². The summed E-state index contributed by atoms with van der Waals surface area (Å²) in [4.78, 5) is 0.132. The number of aromatic nitrogens is 2. The molecule has 118 valence electrons. The van der Waals surface area contributed by atoms with E-state index in [4.69, 9.17) is 23.2 Å². The molecule has 3 aromatic rings. The summed E-state index contributed by atoms with van der Waals surface area (Å²) in [6, 6.07) is 14.9. The first-order chi connectivity index (χ1) is 11.0. The second-order valence-electron chi connectivity index (χ2n) is 4.69. The number of aromatic amines is 1. The molecule has 0 radical (unpaired) electrons. The number of nitrogens with zero attached hydrogens (tertiary/aromatic N) is 1. The van der Waals surface area contributed by atoms with Crippen molar-refractivity contribution in [2.75, 3.05) is 4.72 Å². The summed E-state index contributed by atoms with van der Waals surface area (Å²) >= 11 is 12.1. The Morgan fingerprint density at radius 2 is 1.61 bits per heavy atom. The van der Waals surface area contributed by atoms with Crippen LogP contribution in [0.4, 0.5) is 5.82 Å². The van der Waals surface area contributed by atoms with Crippen LogP contribution in [0, 0.1) is 0 Å². The maximum Gasteiger partial charge on any atom is 0.263 e. The summed E-state index contributed by atoms with van der Waals surface area (Å²) in [5.41, 5.74) is 1.26. The Morgan fingerprint density at radius 3 is 2.26 bits per heavy atom. The summed E-state index contributed by atoms with van der Waals surface area (Å²) in [5.74, 6) is 0.0421. The zero-order valence-corrected chi connectivity index (χ0v) is 14.0. The van der Waals surface area contributed by atoms with Gasteiger partial charge in [0.1, 0.15) is 5.02 Å². The maximum absolute atomic E-state index is 12.3. The third-order valence-corrected chi connectivity index (χ3v) is 5.10. The highest BCUT2D eigenvalue weighted by Crippen LogP contribution is 2.33. The van der Waals surface area contributed by atoms with Crippen molar-refractivity contribution in [1.82, 2.24) is 10.2 Å². The SMILES string of the molecule is O=S(=O)(Nc1n[nH]c(-c2ccc(Cl)cc2)c1Cl)c1ccccc1. The van der Waals surface area contributed by atoms with E-state index < -0.39 is 10.0 Å². The second-order valence-corrected chi connectivity index (χ2v) is 7.18. The number of H-pyrrole nitrogens is 1. The van der Waals surface area contributed by atoms with E-state index >= 15 is 0 Å². The van der Waals surface area contributed by atoms with Crippen LogP contribution in [-0.4, -0.2) is 18.6 Å². The molecular formula is C15H11Cl2N3O2S. The van der Waals surface area contributed by atoms with Crippen LogP contribution >= 0.6 is 23.2 Å². The Hall–Kier alpha value is -2.02. The van der Waals surface area contributed by atoms with Crippen LogP contribution in [0.25, 0.3) is 11.3 Å². The van der Waals surface area contributed by atoms with E-state index in [0.29, 0.717) is 10.7 Å². The highest BCUT2D eigenvalue weighted by Gasteiger charge is 2.19. The van der Waals surface area contributed by atoms with E-state index in [1.807, 2.05) is 0 Å². The van der Waals surface area contributed by atoms with Gasteiger partial charge in [0, 0.05) is 10.6 Å². The van der Waals surface area contributed by atoms with Crippen molar-refractivity contribution in [3.8, 4) is 11.3 Å². The van der Waals surface area contributed by atoms with E-state index in [0.717, 1.165) is 5.56 Å². The van der Waals surface area contributed by atoms with Crippen LogP contribution in [0.2, 0.25) is 10.0 Å². The summed E-state index contributed by atoms with van der Waals surface area (Å²) < 4.78 is 27.0. The van der Waals surface area contributed by atoms with Crippen molar-refractivity contribution in [3.63, 3.8) is 0 Å². The van der Waals surface area contributed by atoms with E-state index in [1.54, 1.807) is 42.5 Å². The highest BCUT2D eigenvalue weighted by atomic mass is 35.5. The number of sulfonamides is 1. The molecule has 2 N–H and O–H groups in total. The first-order valence-corrected chi connectivity index (χ1v) is 8.79. The van der Waals surface area contributed by atoms with Gasteiger partial charge >= 0.3 is 0 Å². The number of anilines is 1. The van der Waals surface area contributed by atoms with E-state index in [1.165, 1.54) is 12.1 Å². The Morgan fingerprint density at radius 1 is 0.957 bits per heavy atom. The van der Waals surface area contributed by atoms with Gasteiger partial charge in [-0.25, -0.2) is 8.42 Å². The van der Waals surface area contributed by atoms with E-state index in [-0.39, 0.29) is 15.7 Å². The summed E-state index contributed by atoms with van der Waals surface area (Å²) in [6.45, 7) is 0. The molecule has 0 saturated carbocycles. The first-order valence-electron chi connectivity index (χ1n) is 6.55. The lowest BCUT2D eigenvalue weighted by atomic mass is 10.1. The van der Waals surface area contributed by atoms with E-state index in [9.17, 15) is 8.42 Å². The smallest absolute Gasteiger partial charge is 0.263 e. The molecule has 8 heteroatoms. The quantitative estimate of drug-likeness (QED) is 0.725. The van der Waals surface area contributed by atoms with Gasteiger partial charge in [0.2, 0.25) is 0 Å². The van der Waals surface area contributed by atoms with Crippen molar-refractivity contribution in [1.29, 1.82) is 0 Å². The monoisotopic (exact) mass is 367 g/mol. The van der Waals surface area contributed by atoms with Crippen molar-refractivity contribution in [2.45, 2.75) is 4.90 Å².